The molecule has 7 heteroatoms. The van der Waals surface area contributed by atoms with Gasteiger partial charge in [0.05, 0.1) is 17.1 Å². The third kappa shape index (κ3) is 5.63. The first-order valence-corrected chi connectivity index (χ1v) is 8.79. The molecule has 0 atom stereocenters. The molecule has 132 valence electrons. The van der Waals surface area contributed by atoms with E-state index in [0.717, 1.165) is 5.56 Å². The SMILES string of the molecule is CCN(Cc1cccc(Cl)c1)C(=O)CNC(=O)c1ccc(Cl)cc1Cl. The van der Waals surface area contributed by atoms with Crippen LogP contribution < -0.4 is 5.32 Å². The molecule has 0 fully saturated rings. The Morgan fingerprint density at radius 3 is 2.40 bits per heavy atom. The van der Waals surface area contributed by atoms with Crippen molar-refractivity contribution in [1.82, 2.24) is 10.2 Å². The van der Waals surface area contributed by atoms with E-state index in [4.69, 9.17) is 34.8 Å². The second-order valence-corrected chi connectivity index (χ2v) is 6.62. The summed E-state index contributed by atoms with van der Waals surface area (Å²) in [6, 6.07) is 11.9. The minimum atomic E-state index is -0.422. The number of hydrogen-bond donors (Lipinski definition) is 1. The van der Waals surface area contributed by atoms with Gasteiger partial charge < -0.3 is 10.2 Å². The number of halogens is 3. The van der Waals surface area contributed by atoms with Gasteiger partial charge in [-0.1, -0.05) is 46.9 Å². The molecule has 4 nitrogen and oxygen atoms in total. The van der Waals surface area contributed by atoms with Gasteiger partial charge >= 0.3 is 0 Å². The number of benzene rings is 2. The average molecular weight is 400 g/mol. The molecule has 0 unspecified atom stereocenters. The van der Waals surface area contributed by atoms with Gasteiger partial charge in [-0.05, 0) is 42.8 Å². The lowest BCUT2D eigenvalue weighted by molar-refractivity contribution is -0.130. The lowest BCUT2D eigenvalue weighted by Crippen LogP contribution is -2.39. The Kier molecular flexibility index (Phi) is 7.12. The molecule has 25 heavy (non-hydrogen) atoms. The monoisotopic (exact) mass is 398 g/mol. The number of rotatable bonds is 6. The first-order chi connectivity index (χ1) is 11.9. The highest BCUT2D eigenvalue weighted by Gasteiger charge is 2.16. The van der Waals surface area contributed by atoms with Gasteiger partial charge in [-0.15, -0.1) is 0 Å². The van der Waals surface area contributed by atoms with Crippen LogP contribution in [0, 0.1) is 0 Å². The van der Waals surface area contributed by atoms with Gasteiger partial charge in [0, 0.05) is 23.1 Å². The molecule has 0 aliphatic heterocycles. The normalized spacial score (nSPS) is 10.4. The highest BCUT2D eigenvalue weighted by atomic mass is 35.5. The molecule has 0 aliphatic carbocycles. The zero-order chi connectivity index (χ0) is 18.4. The zero-order valence-corrected chi connectivity index (χ0v) is 15.8. The van der Waals surface area contributed by atoms with Crippen molar-refractivity contribution in [3.05, 3.63) is 68.7 Å². The second-order valence-electron chi connectivity index (χ2n) is 5.34. The van der Waals surface area contributed by atoms with Gasteiger partial charge in [-0.2, -0.15) is 0 Å². The minimum absolute atomic E-state index is 0.119. The molecule has 0 saturated carbocycles. The van der Waals surface area contributed by atoms with Crippen LogP contribution in [0.4, 0.5) is 0 Å². The van der Waals surface area contributed by atoms with Crippen molar-refractivity contribution in [2.45, 2.75) is 13.5 Å². The number of carbonyl (C=O) groups excluding carboxylic acids is 2. The van der Waals surface area contributed by atoms with Gasteiger partial charge in [-0.25, -0.2) is 0 Å². The Morgan fingerprint density at radius 1 is 1.04 bits per heavy atom. The molecular formula is C18H17Cl3N2O2. The minimum Gasteiger partial charge on any atom is -0.343 e. The smallest absolute Gasteiger partial charge is 0.253 e. The molecule has 2 aromatic rings. The summed E-state index contributed by atoms with van der Waals surface area (Å²) in [5, 5.41) is 3.89. The summed E-state index contributed by atoms with van der Waals surface area (Å²) in [6.45, 7) is 2.70. The van der Waals surface area contributed by atoms with Crippen molar-refractivity contribution in [2.24, 2.45) is 0 Å². The highest BCUT2D eigenvalue weighted by molar-refractivity contribution is 6.36. The molecule has 0 bridgehead atoms. The van der Waals surface area contributed by atoms with Crippen molar-refractivity contribution in [1.29, 1.82) is 0 Å². The number of carbonyl (C=O) groups is 2. The summed E-state index contributed by atoms with van der Waals surface area (Å²) in [4.78, 5) is 26.2. The zero-order valence-electron chi connectivity index (χ0n) is 13.6. The molecule has 0 saturated heterocycles. The van der Waals surface area contributed by atoms with Crippen LogP contribution in [-0.4, -0.2) is 29.8 Å². The van der Waals surface area contributed by atoms with Crippen molar-refractivity contribution < 1.29 is 9.59 Å². The standard InChI is InChI=1S/C18H17Cl3N2O2/c1-2-23(11-12-4-3-5-13(19)8-12)17(24)10-22-18(25)15-7-6-14(20)9-16(15)21/h3-9H,2,10-11H2,1H3,(H,22,25). The Labute approximate surface area is 161 Å². The summed E-state index contributed by atoms with van der Waals surface area (Å²) < 4.78 is 0. The molecule has 2 aromatic carbocycles. The van der Waals surface area contributed by atoms with Crippen LogP contribution in [0.3, 0.4) is 0 Å². The molecule has 0 spiro atoms. The van der Waals surface area contributed by atoms with Crippen LogP contribution in [0.25, 0.3) is 0 Å². The van der Waals surface area contributed by atoms with E-state index in [1.807, 2.05) is 25.1 Å². The summed E-state index contributed by atoms with van der Waals surface area (Å²) in [6.07, 6.45) is 0. The van der Waals surface area contributed by atoms with Gasteiger partial charge in [0.25, 0.3) is 5.91 Å². The fourth-order valence-electron chi connectivity index (χ4n) is 2.27. The van der Waals surface area contributed by atoms with E-state index < -0.39 is 5.91 Å². The van der Waals surface area contributed by atoms with E-state index in [2.05, 4.69) is 5.32 Å². The fourth-order valence-corrected chi connectivity index (χ4v) is 2.98. The van der Waals surface area contributed by atoms with Crippen LogP contribution in [0.2, 0.25) is 15.1 Å². The molecule has 0 aromatic heterocycles. The predicted molar refractivity (Wildman–Crippen MR) is 101 cm³/mol. The van der Waals surface area contributed by atoms with Gasteiger partial charge in [-0.3, -0.25) is 9.59 Å². The second kappa shape index (κ2) is 9.09. The Hall–Kier alpha value is -1.75. The molecular weight excluding hydrogens is 383 g/mol. The summed E-state index contributed by atoms with van der Waals surface area (Å²) in [5.74, 6) is -0.616. The summed E-state index contributed by atoms with van der Waals surface area (Å²) in [7, 11) is 0. The van der Waals surface area contributed by atoms with Crippen LogP contribution in [-0.2, 0) is 11.3 Å². The van der Waals surface area contributed by atoms with Crippen molar-refractivity contribution in [2.75, 3.05) is 13.1 Å². The lowest BCUT2D eigenvalue weighted by atomic mass is 10.2. The maximum atomic E-state index is 12.4. The van der Waals surface area contributed by atoms with Crippen LogP contribution in [0.1, 0.15) is 22.8 Å². The van der Waals surface area contributed by atoms with Crippen molar-refractivity contribution in [3.8, 4) is 0 Å². The van der Waals surface area contributed by atoms with E-state index in [1.165, 1.54) is 12.1 Å². The summed E-state index contributed by atoms with van der Waals surface area (Å²) in [5.41, 5.74) is 1.20. The lowest BCUT2D eigenvalue weighted by Gasteiger charge is -2.21. The topological polar surface area (TPSA) is 49.4 Å². The maximum Gasteiger partial charge on any atom is 0.253 e. The number of likely N-dealkylation sites (N-methyl/N-ethyl adjacent to an activating group) is 1. The Morgan fingerprint density at radius 2 is 1.76 bits per heavy atom. The van der Waals surface area contributed by atoms with Gasteiger partial charge in [0.15, 0.2) is 0 Å². The van der Waals surface area contributed by atoms with Crippen molar-refractivity contribution >= 4 is 46.6 Å². The highest BCUT2D eigenvalue weighted by Crippen LogP contribution is 2.20. The molecule has 2 rings (SSSR count). The van der Waals surface area contributed by atoms with Gasteiger partial charge in [0.2, 0.25) is 5.91 Å². The van der Waals surface area contributed by atoms with E-state index in [1.54, 1.807) is 17.0 Å². The fraction of sp³-hybridized carbons (Fsp3) is 0.222. The predicted octanol–water partition coefficient (Wildman–Crippen LogP) is 4.43. The molecule has 1 N–H and O–H groups in total. The van der Waals surface area contributed by atoms with Crippen LogP contribution in [0.15, 0.2) is 42.5 Å². The quantitative estimate of drug-likeness (QED) is 0.781. The number of nitrogens with zero attached hydrogens (tertiary/aromatic N) is 1. The van der Waals surface area contributed by atoms with Crippen molar-refractivity contribution in [3.63, 3.8) is 0 Å². The Balaban J connectivity index is 1.96. The number of nitrogens with one attached hydrogen (secondary N) is 1. The van der Waals surface area contributed by atoms with E-state index in [-0.39, 0.29) is 23.0 Å². The molecule has 0 radical (unpaired) electrons. The van der Waals surface area contributed by atoms with E-state index >= 15 is 0 Å². The van der Waals surface area contributed by atoms with E-state index in [9.17, 15) is 9.59 Å². The first kappa shape index (κ1) is 19.6. The molecule has 2 amide bonds. The number of amides is 2. The van der Waals surface area contributed by atoms with E-state index in [0.29, 0.717) is 23.1 Å². The maximum absolute atomic E-state index is 12.4. The third-order valence-electron chi connectivity index (χ3n) is 3.57. The summed E-state index contributed by atoms with van der Waals surface area (Å²) >= 11 is 17.8. The molecule has 0 aliphatic rings. The van der Waals surface area contributed by atoms with Crippen LogP contribution >= 0.6 is 34.8 Å². The molecule has 0 heterocycles. The third-order valence-corrected chi connectivity index (χ3v) is 4.36. The average Bonchev–Trinajstić information content (AvgIpc) is 2.57. The van der Waals surface area contributed by atoms with Gasteiger partial charge in [0.1, 0.15) is 0 Å². The number of hydrogen-bond acceptors (Lipinski definition) is 2. The largest absolute Gasteiger partial charge is 0.343 e. The Bertz CT molecular complexity index is 781. The van der Waals surface area contributed by atoms with Crippen LogP contribution in [0.5, 0.6) is 0 Å². The first-order valence-electron chi connectivity index (χ1n) is 7.66.